The lowest BCUT2D eigenvalue weighted by molar-refractivity contribution is -0.152. The highest BCUT2D eigenvalue weighted by atomic mass is 16.5. The van der Waals surface area contributed by atoms with E-state index >= 15 is 0 Å². The summed E-state index contributed by atoms with van der Waals surface area (Å²) in [5.74, 6) is -1.14. The van der Waals surface area contributed by atoms with Crippen LogP contribution in [0.25, 0.3) is 0 Å². The lowest BCUT2D eigenvalue weighted by Crippen LogP contribution is -2.32. The molecule has 1 aliphatic rings. The van der Waals surface area contributed by atoms with E-state index in [9.17, 15) is 14.4 Å². The summed E-state index contributed by atoms with van der Waals surface area (Å²) in [5, 5.41) is 2.80. The van der Waals surface area contributed by atoms with Crippen LogP contribution in [-0.4, -0.2) is 37.5 Å². The molecule has 0 saturated carbocycles. The van der Waals surface area contributed by atoms with Crippen LogP contribution in [0.3, 0.4) is 0 Å². The van der Waals surface area contributed by atoms with Crippen LogP contribution in [0.1, 0.15) is 31.9 Å². The molecular formula is C23H26N2O5. The van der Waals surface area contributed by atoms with Crippen LogP contribution in [0.2, 0.25) is 0 Å². The minimum atomic E-state index is -0.619. The number of hydrogen-bond acceptors (Lipinski definition) is 5. The zero-order valence-corrected chi connectivity index (χ0v) is 17.2. The Morgan fingerprint density at radius 3 is 2.57 bits per heavy atom. The number of esters is 1. The Bertz CT molecular complexity index is 899. The van der Waals surface area contributed by atoms with Crippen LogP contribution >= 0.6 is 0 Å². The highest BCUT2D eigenvalue weighted by Gasteiger charge is 2.37. The van der Waals surface area contributed by atoms with Crippen molar-refractivity contribution in [2.45, 2.75) is 26.3 Å². The summed E-state index contributed by atoms with van der Waals surface area (Å²) in [5.41, 5.74) is 1.59. The van der Waals surface area contributed by atoms with Gasteiger partial charge in [-0.1, -0.05) is 42.5 Å². The van der Waals surface area contributed by atoms with E-state index in [1.165, 1.54) is 4.90 Å². The first kappa shape index (κ1) is 21.4. The summed E-state index contributed by atoms with van der Waals surface area (Å²) >= 11 is 0. The molecule has 0 radical (unpaired) electrons. The summed E-state index contributed by atoms with van der Waals surface area (Å²) < 4.78 is 10.8. The second-order valence-electron chi connectivity index (χ2n) is 7.11. The van der Waals surface area contributed by atoms with E-state index < -0.39 is 11.9 Å². The normalized spacial score (nSPS) is 16.8. The largest absolute Gasteiger partial charge is 0.492 e. The zero-order chi connectivity index (χ0) is 21.5. The smallest absolute Gasteiger partial charge is 0.311 e. The Labute approximate surface area is 176 Å². The summed E-state index contributed by atoms with van der Waals surface area (Å²) in [6.07, 6.45) is 0.0430. The molecule has 1 fully saturated rings. The fraction of sp³-hybridized carbons (Fsp3) is 0.348. The molecule has 3 rings (SSSR count). The highest BCUT2D eigenvalue weighted by Crippen LogP contribution is 2.33. The van der Waals surface area contributed by atoms with Gasteiger partial charge in [0.2, 0.25) is 5.91 Å². The Morgan fingerprint density at radius 2 is 1.83 bits per heavy atom. The van der Waals surface area contributed by atoms with E-state index in [-0.39, 0.29) is 37.4 Å². The van der Waals surface area contributed by atoms with Gasteiger partial charge in [-0.15, -0.1) is 0 Å². The monoisotopic (exact) mass is 410 g/mol. The average molecular weight is 410 g/mol. The maximum absolute atomic E-state index is 12.5. The van der Waals surface area contributed by atoms with Crippen molar-refractivity contribution in [3.05, 3.63) is 60.2 Å². The zero-order valence-electron chi connectivity index (χ0n) is 17.2. The second-order valence-corrected chi connectivity index (χ2v) is 7.11. The van der Waals surface area contributed by atoms with Crippen molar-refractivity contribution in [1.29, 1.82) is 0 Å². The number of hydrogen-bond donors (Lipinski definition) is 1. The first-order valence-electron chi connectivity index (χ1n) is 10.0. The standard InChI is InChI=1S/C23H26N2O5/c1-3-29-20-12-8-7-11-19(20)25-14-18(13-22(25)27)23(28)30-15-21(26)24-16(2)17-9-5-4-6-10-17/h4-12,16,18H,3,13-15H2,1-2H3,(H,24,26)/t16-,18-/m1/s1. The molecule has 7 nitrogen and oxygen atoms in total. The van der Waals surface area contributed by atoms with Gasteiger partial charge >= 0.3 is 5.97 Å². The van der Waals surface area contributed by atoms with Gasteiger partial charge < -0.3 is 19.7 Å². The van der Waals surface area contributed by atoms with E-state index in [1.807, 2.05) is 56.3 Å². The molecular weight excluding hydrogens is 384 g/mol. The van der Waals surface area contributed by atoms with Crippen molar-refractivity contribution in [2.24, 2.45) is 5.92 Å². The van der Waals surface area contributed by atoms with Gasteiger partial charge in [-0.3, -0.25) is 14.4 Å². The van der Waals surface area contributed by atoms with Crippen LogP contribution in [0.4, 0.5) is 5.69 Å². The molecule has 30 heavy (non-hydrogen) atoms. The topological polar surface area (TPSA) is 84.9 Å². The van der Waals surface area contributed by atoms with E-state index in [1.54, 1.807) is 12.1 Å². The number of carbonyl (C=O) groups is 3. The van der Waals surface area contributed by atoms with Crippen LogP contribution in [0.15, 0.2) is 54.6 Å². The van der Waals surface area contributed by atoms with Crippen molar-refractivity contribution in [3.8, 4) is 5.75 Å². The minimum absolute atomic E-state index is 0.0430. The SMILES string of the molecule is CCOc1ccccc1N1C[C@H](C(=O)OCC(=O)N[C@H](C)c2ccccc2)CC1=O. The van der Waals surface area contributed by atoms with Crippen LogP contribution in [0.5, 0.6) is 5.75 Å². The van der Waals surface area contributed by atoms with Crippen LogP contribution < -0.4 is 15.0 Å². The van der Waals surface area contributed by atoms with E-state index in [4.69, 9.17) is 9.47 Å². The van der Waals surface area contributed by atoms with Crippen LogP contribution in [0, 0.1) is 5.92 Å². The summed E-state index contributed by atoms with van der Waals surface area (Å²) in [6, 6.07) is 16.5. The number of anilines is 1. The predicted molar refractivity (Wildman–Crippen MR) is 112 cm³/mol. The molecule has 0 aliphatic carbocycles. The molecule has 1 N–H and O–H groups in total. The molecule has 158 valence electrons. The second kappa shape index (κ2) is 9.91. The molecule has 0 spiro atoms. The third-order valence-electron chi connectivity index (χ3n) is 4.94. The van der Waals surface area contributed by atoms with Crippen molar-refractivity contribution in [2.75, 3.05) is 24.7 Å². The highest BCUT2D eigenvalue weighted by molar-refractivity contribution is 6.00. The first-order chi connectivity index (χ1) is 14.5. The van der Waals surface area contributed by atoms with E-state index in [0.29, 0.717) is 18.0 Å². The van der Waals surface area contributed by atoms with Crippen molar-refractivity contribution in [1.82, 2.24) is 5.32 Å². The third-order valence-corrected chi connectivity index (χ3v) is 4.94. The Morgan fingerprint density at radius 1 is 1.13 bits per heavy atom. The number of para-hydroxylation sites is 2. The molecule has 1 aliphatic heterocycles. The summed E-state index contributed by atoms with van der Waals surface area (Å²) in [7, 11) is 0. The minimum Gasteiger partial charge on any atom is -0.492 e. The molecule has 0 unspecified atom stereocenters. The quantitative estimate of drug-likeness (QED) is 0.677. The van der Waals surface area contributed by atoms with E-state index in [2.05, 4.69) is 5.32 Å². The average Bonchev–Trinajstić information content (AvgIpc) is 3.15. The Kier molecular flexibility index (Phi) is 7.06. The fourth-order valence-corrected chi connectivity index (χ4v) is 3.42. The lowest BCUT2D eigenvalue weighted by Gasteiger charge is -2.20. The van der Waals surface area contributed by atoms with Crippen molar-refractivity contribution < 1.29 is 23.9 Å². The number of carbonyl (C=O) groups excluding carboxylic acids is 3. The molecule has 0 bridgehead atoms. The van der Waals surface area contributed by atoms with E-state index in [0.717, 1.165) is 5.56 Å². The predicted octanol–water partition coefficient (Wildman–Crippen LogP) is 2.86. The van der Waals surface area contributed by atoms with Gasteiger partial charge in [0.05, 0.1) is 24.3 Å². The van der Waals surface area contributed by atoms with Gasteiger partial charge in [0.15, 0.2) is 6.61 Å². The fourth-order valence-electron chi connectivity index (χ4n) is 3.42. The molecule has 2 amide bonds. The molecule has 2 aromatic rings. The Balaban J connectivity index is 1.53. The summed E-state index contributed by atoms with van der Waals surface area (Å²) in [6.45, 7) is 4.02. The van der Waals surface area contributed by atoms with Gasteiger partial charge in [0.25, 0.3) is 5.91 Å². The molecule has 7 heteroatoms. The van der Waals surface area contributed by atoms with Gasteiger partial charge in [-0.2, -0.15) is 0 Å². The van der Waals surface area contributed by atoms with Gasteiger partial charge in [0, 0.05) is 13.0 Å². The maximum atomic E-state index is 12.5. The summed E-state index contributed by atoms with van der Waals surface area (Å²) in [4.78, 5) is 38.6. The number of amides is 2. The van der Waals surface area contributed by atoms with Gasteiger partial charge in [-0.25, -0.2) is 0 Å². The maximum Gasteiger partial charge on any atom is 0.311 e. The molecule has 0 aromatic heterocycles. The Hall–Kier alpha value is -3.35. The number of rotatable bonds is 8. The lowest BCUT2D eigenvalue weighted by atomic mass is 10.1. The molecule has 1 heterocycles. The van der Waals surface area contributed by atoms with Crippen molar-refractivity contribution in [3.63, 3.8) is 0 Å². The number of ether oxygens (including phenoxy) is 2. The molecule has 2 aromatic carbocycles. The number of benzene rings is 2. The van der Waals surface area contributed by atoms with Gasteiger partial charge in [-0.05, 0) is 31.5 Å². The number of nitrogens with one attached hydrogen (secondary N) is 1. The van der Waals surface area contributed by atoms with Crippen LogP contribution in [-0.2, 0) is 19.1 Å². The molecule has 2 atom stereocenters. The molecule has 1 saturated heterocycles. The van der Waals surface area contributed by atoms with Crippen molar-refractivity contribution >= 4 is 23.5 Å². The van der Waals surface area contributed by atoms with Gasteiger partial charge in [0.1, 0.15) is 5.75 Å². The first-order valence-corrected chi connectivity index (χ1v) is 10.0. The number of nitrogens with zero attached hydrogens (tertiary/aromatic N) is 1. The third kappa shape index (κ3) is 5.17.